The number of nitrogens with one attached hydrogen (secondary N) is 2. The molecule has 3 N–H and O–H groups in total. The standard InChI is InChI=1S/C18H29N3O2S.HI/c1-4-19-17(21-13-18(2)10-5-11-24-18)20-12-16(22)14-6-8-15(23-3)9-7-14;/h6-9,16,22H,4-5,10-13H2,1-3H3,(H2,19,20,21);1H. The summed E-state index contributed by atoms with van der Waals surface area (Å²) in [5.41, 5.74) is 0.859. The number of aliphatic imine (C=N–C) groups is 1. The minimum absolute atomic E-state index is 0. The molecule has 0 bridgehead atoms. The summed E-state index contributed by atoms with van der Waals surface area (Å²) in [6.45, 7) is 6.34. The summed E-state index contributed by atoms with van der Waals surface area (Å²) in [5.74, 6) is 2.78. The second-order valence-corrected chi connectivity index (χ2v) is 7.95. The average Bonchev–Trinajstić information content (AvgIpc) is 3.04. The molecular weight excluding hydrogens is 449 g/mol. The van der Waals surface area contributed by atoms with E-state index in [1.165, 1.54) is 18.6 Å². The van der Waals surface area contributed by atoms with Gasteiger partial charge in [0.2, 0.25) is 0 Å². The number of rotatable bonds is 7. The molecule has 1 aromatic carbocycles. The number of guanidine groups is 1. The third kappa shape index (κ3) is 7.22. The Balaban J connectivity index is 0.00000312. The van der Waals surface area contributed by atoms with E-state index in [0.29, 0.717) is 6.54 Å². The average molecular weight is 479 g/mol. The zero-order valence-electron chi connectivity index (χ0n) is 15.2. The van der Waals surface area contributed by atoms with Crippen molar-refractivity contribution >= 4 is 41.7 Å². The van der Waals surface area contributed by atoms with Crippen LogP contribution in [0.2, 0.25) is 0 Å². The van der Waals surface area contributed by atoms with Crippen LogP contribution in [0.15, 0.2) is 29.3 Å². The Morgan fingerprint density at radius 2 is 2.08 bits per heavy atom. The molecule has 0 saturated carbocycles. The number of thioether (sulfide) groups is 1. The molecule has 5 nitrogen and oxygen atoms in total. The van der Waals surface area contributed by atoms with E-state index in [0.717, 1.165) is 30.4 Å². The van der Waals surface area contributed by atoms with E-state index in [1.807, 2.05) is 43.0 Å². The van der Waals surface area contributed by atoms with Crippen LogP contribution in [0.25, 0.3) is 0 Å². The molecule has 1 heterocycles. The molecule has 7 heteroatoms. The van der Waals surface area contributed by atoms with Crippen LogP contribution in [0.4, 0.5) is 0 Å². The molecule has 2 rings (SSSR count). The maximum Gasteiger partial charge on any atom is 0.191 e. The predicted octanol–water partition coefficient (Wildman–Crippen LogP) is 3.19. The summed E-state index contributed by atoms with van der Waals surface area (Å²) >= 11 is 2.01. The summed E-state index contributed by atoms with van der Waals surface area (Å²) in [7, 11) is 1.63. The van der Waals surface area contributed by atoms with E-state index in [9.17, 15) is 5.11 Å². The van der Waals surface area contributed by atoms with Crippen molar-refractivity contribution in [3.05, 3.63) is 29.8 Å². The number of aliphatic hydroxyl groups is 1. The predicted molar refractivity (Wildman–Crippen MR) is 117 cm³/mol. The van der Waals surface area contributed by atoms with Gasteiger partial charge in [-0.05, 0) is 50.1 Å². The Morgan fingerprint density at radius 1 is 1.36 bits per heavy atom. The lowest BCUT2D eigenvalue weighted by molar-refractivity contribution is 0.180. The van der Waals surface area contributed by atoms with Gasteiger partial charge in [-0.3, -0.25) is 4.99 Å². The third-order valence-electron chi connectivity index (χ3n) is 4.18. The van der Waals surface area contributed by atoms with Gasteiger partial charge in [0.1, 0.15) is 5.75 Å². The van der Waals surface area contributed by atoms with Crippen LogP contribution in [0.1, 0.15) is 38.4 Å². The van der Waals surface area contributed by atoms with E-state index in [-0.39, 0.29) is 28.7 Å². The normalized spacial score (nSPS) is 21.4. The summed E-state index contributed by atoms with van der Waals surface area (Å²) in [6.07, 6.45) is 1.91. The molecule has 142 valence electrons. The minimum Gasteiger partial charge on any atom is -0.497 e. The van der Waals surface area contributed by atoms with Gasteiger partial charge in [-0.15, -0.1) is 24.0 Å². The zero-order chi connectivity index (χ0) is 17.4. The number of halogens is 1. The molecule has 2 atom stereocenters. The molecule has 1 aliphatic heterocycles. The monoisotopic (exact) mass is 479 g/mol. The highest BCUT2D eigenvalue weighted by Crippen LogP contribution is 2.37. The zero-order valence-corrected chi connectivity index (χ0v) is 18.4. The Morgan fingerprint density at radius 3 is 2.64 bits per heavy atom. The van der Waals surface area contributed by atoms with Gasteiger partial charge in [-0.25, -0.2) is 0 Å². The fourth-order valence-corrected chi connectivity index (χ4v) is 3.91. The summed E-state index contributed by atoms with van der Waals surface area (Å²) in [6, 6.07) is 7.48. The van der Waals surface area contributed by atoms with Crippen LogP contribution in [0, 0.1) is 0 Å². The van der Waals surface area contributed by atoms with Crippen LogP contribution >= 0.6 is 35.7 Å². The van der Waals surface area contributed by atoms with Crippen LogP contribution in [0.5, 0.6) is 5.75 Å². The van der Waals surface area contributed by atoms with Gasteiger partial charge in [0, 0.05) is 17.8 Å². The highest BCUT2D eigenvalue weighted by molar-refractivity contribution is 14.0. The van der Waals surface area contributed by atoms with E-state index in [2.05, 4.69) is 17.6 Å². The topological polar surface area (TPSA) is 65.9 Å². The van der Waals surface area contributed by atoms with Gasteiger partial charge in [-0.1, -0.05) is 12.1 Å². The van der Waals surface area contributed by atoms with Gasteiger partial charge >= 0.3 is 0 Å². The molecule has 0 aliphatic carbocycles. The van der Waals surface area contributed by atoms with Crippen LogP contribution in [0.3, 0.4) is 0 Å². The second kappa shape index (κ2) is 11.1. The summed E-state index contributed by atoms with van der Waals surface area (Å²) in [5, 5.41) is 16.8. The Labute approximate surface area is 172 Å². The summed E-state index contributed by atoms with van der Waals surface area (Å²) < 4.78 is 5.39. The molecule has 2 unspecified atom stereocenters. The maximum absolute atomic E-state index is 10.3. The van der Waals surface area contributed by atoms with E-state index >= 15 is 0 Å². The molecule has 1 saturated heterocycles. The first kappa shape index (κ1) is 22.4. The lowest BCUT2D eigenvalue weighted by Gasteiger charge is -2.21. The minimum atomic E-state index is -0.587. The number of benzene rings is 1. The van der Waals surface area contributed by atoms with Crippen molar-refractivity contribution in [2.24, 2.45) is 4.99 Å². The quantitative estimate of drug-likeness (QED) is 0.319. The molecular formula is C18H30IN3O2S. The lowest BCUT2D eigenvalue weighted by Crippen LogP contribution is -2.40. The summed E-state index contributed by atoms with van der Waals surface area (Å²) in [4.78, 5) is 4.70. The number of aliphatic hydroxyl groups excluding tert-OH is 1. The van der Waals surface area contributed by atoms with Crippen LogP contribution in [-0.4, -0.2) is 48.3 Å². The highest BCUT2D eigenvalue weighted by atomic mass is 127. The molecule has 0 radical (unpaired) electrons. The number of hydrogen-bond donors (Lipinski definition) is 3. The molecule has 0 aromatic heterocycles. The molecule has 0 amide bonds. The Hall–Kier alpha value is -0.670. The van der Waals surface area contributed by atoms with Gasteiger partial charge in [0.25, 0.3) is 0 Å². The molecule has 25 heavy (non-hydrogen) atoms. The molecule has 1 aromatic rings. The van der Waals surface area contributed by atoms with E-state index in [1.54, 1.807) is 7.11 Å². The van der Waals surface area contributed by atoms with Crippen LogP contribution in [-0.2, 0) is 0 Å². The van der Waals surface area contributed by atoms with E-state index in [4.69, 9.17) is 9.73 Å². The number of hydrogen-bond acceptors (Lipinski definition) is 4. The maximum atomic E-state index is 10.3. The van der Waals surface area contributed by atoms with Crippen molar-refractivity contribution in [3.63, 3.8) is 0 Å². The van der Waals surface area contributed by atoms with Crippen molar-refractivity contribution in [1.29, 1.82) is 0 Å². The van der Waals surface area contributed by atoms with Gasteiger partial charge < -0.3 is 20.5 Å². The largest absolute Gasteiger partial charge is 0.497 e. The molecule has 0 spiro atoms. The smallest absolute Gasteiger partial charge is 0.191 e. The lowest BCUT2D eigenvalue weighted by atomic mass is 10.1. The van der Waals surface area contributed by atoms with Crippen molar-refractivity contribution in [2.75, 3.05) is 32.5 Å². The molecule has 1 fully saturated rings. The Bertz CT molecular complexity index is 534. The molecule has 1 aliphatic rings. The Kier molecular flexibility index (Phi) is 9.96. The van der Waals surface area contributed by atoms with Crippen molar-refractivity contribution in [3.8, 4) is 5.75 Å². The first-order valence-corrected chi connectivity index (χ1v) is 9.53. The fraction of sp³-hybridized carbons (Fsp3) is 0.611. The van der Waals surface area contributed by atoms with Crippen molar-refractivity contribution < 1.29 is 9.84 Å². The van der Waals surface area contributed by atoms with Gasteiger partial charge in [-0.2, -0.15) is 11.8 Å². The van der Waals surface area contributed by atoms with Gasteiger partial charge in [0.05, 0.1) is 19.8 Å². The fourth-order valence-electron chi connectivity index (χ4n) is 2.69. The van der Waals surface area contributed by atoms with Crippen molar-refractivity contribution in [1.82, 2.24) is 10.6 Å². The highest BCUT2D eigenvalue weighted by Gasteiger charge is 2.29. The van der Waals surface area contributed by atoms with Gasteiger partial charge in [0.15, 0.2) is 5.96 Å². The van der Waals surface area contributed by atoms with Crippen LogP contribution < -0.4 is 15.4 Å². The SMILES string of the molecule is CCNC(=NCC1(C)CCCS1)NCC(O)c1ccc(OC)cc1.I. The number of methoxy groups -OCH3 is 1. The number of nitrogens with zero attached hydrogens (tertiary/aromatic N) is 1. The van der Waals surface area contributed by atoms with Crippen molar-refractivity contribution in [2.45, 2.75) is 37.5 Å². The third-order valence-corrected chi connectivity index (χ3v) is 5.70. The van der Waals surface area contributed by atoms with E-state index < -0.39 is 6.10 Å². The first-order valence-electron chi connectivity index (χ1n) is 8.54. The number of ether oxygens (including phenoxy) is 1. The first-order chi connectivity index (χ1) is 11.6. The second-order valence-electron chi connectivity index (χ2n) is 6.27.